The van der Waals surface area contributed by atoms with Crippen molar-refractivity contribution in [3.8, 4) is 0 Å². The molecule has 1 aromatic carbocycles. The summed E-state index contributed by atoms with van der Waals surface area (Å²) in [6.07, 6.45) is 0.116. The maximum Gasteiger partial charge on any atom is 0.269 e. The Morgan fingerprint density at radius 3 is 2.26 bits per heavy atom. The van der Waals surface area contributed by atoms with E-state index in [2.05, 4.69) is 0 Å². The molecule has 2 heterocycles. The van der Waals surface area contributed by atoms with Gasteiger partial charge in [-0.25, -0.2) is 8.42 Å². The van der Waals surface area contributed by atoms with Crippen LogP contribution in [-0.4, -0.2) is 54.6 Å². The Morgan fingerprint density at radius 1 is 1.11 bits per heavy atom. The summed E-state index contributed by atoms with van der Waals surface area (Å²) in [5.74, 6) is -0.139. The Hall–Kier alpha value is -2.01. The minimum Gasteiger partial charge on any atom is -0.340 e. The molecule has 0 saturated carbocycles. The van der Waals surface area contributed by atoms with E-state index in [1.165, 1.54) is 22.5 Å². The number of nitro groups is 1. The monoisotopic (exact) mass is 429 g/mol. The Labute approximate surface area is 165 Å². The first-order chi connectivity index (χ1) is 12.8. The smallest absolute Gasteiger partial charge is 0.269 e. The molecule has 144 valence electrons. The van der Waals surface area contributed by atoms with Crippen molar-refractivity contribution in [1.82, 2.24) is 9.21 Å². The molecule has 0 radical (unpaired) electrons. The summed E-state index contributed by atoms with van der Waals surface area (Å²) in [5, 5.41) is 10.7. The van der Waals surface area contributed by atoms with E-state index in [1.807, 2.05) is 0 Å². The maximum atomic E-state index is 12.6. The summed E-state index contributed by atoms with van der Waals surface area (Å²) >= 11 is 6.83. The summed E-state index contributed by atoms with van der Waals surface area (Å²) in [4.78, 5) is 24.2. The van der Waals surface area contributed by atoms with Crippen LogP contribution in [0.4, 0.5) is 5.69 Å². The van der Waals surface area contributed by atoms with Gasteiger partial charge >= 0.3 is 0 Å². The van der Waals surface area contributed by atoms with E-state index < -0.39 is 14.9 Å². The van der Waals surface area contributed by atoms with Crippen LogP contribution >= 0.6 is 22.9 Å². The highest BCUT2D eigenvalue weighted by molar-refractivity contribution is 7.91. The van der Waals surface area contributed by atoms with Crippen molar-refractivity contribution < 1.29 is 18.1 Å². The van der Waals surface area contributed by atoms with Gasteiger partial charge in [-0.1, -0.05) is 23.7 Å². The zero-order valence-corrected chi connectivity index (χ0v) is 16.5. The lowest BCUT2D eigenvalue weighted by molar-refractivity contribution is -0.384. The summed E-state index contributed by atoms with van der Waals surface area (Å²) in [6, 6.07) is 8.85. The molecule has 1 aromatic heterocycles. The Bertz CT molecular complexity index is 951. The number of benzene rings is 1. The lowest BCUT2D eigenvalue weighted by Crippen LogP contribution is -2.50. The summed E-state index contributed by atoms with van der Waals surface area (Å²) in [6.45, 7) is 1.02. The number of non-ortho nitro benzene ring substituents is 1. The van der Waals surface area contributed by atoms with Crippen LogP contribution in [0.1, 0.15) is 5.56 Å². The molecule has 11 heteroatoms. The Morgan fingerprint density at radius 2 is 1.74 bits per heavy atom. The second-order valence-corrected chi connectivity index (χ2v) is 9.82. The number of piperazine rings is 1. The number of amides is 1. The molecule has 1 amide bonds. The second kappa shape index (κ2) is 7.93. The first-order valence-electron chi connectivity index (χ1n) is 8.04. The number of hydrogen-bond acceptors (Lipinski definition) is 6. The zero-order chi connectivity index (χ0) is 19.6. The molecule has 0 aliphatic carbocycles. The van der Waals surface area contributed by atoms with Crippen molar-refractivity contribution in [2.45, 2.75) is 10.6 Å². The van der Waals surface area contributed by atoms with Gasteiger partial charge in [0.15, 0.2) is 0 Å². The number of nitrogens with zero attached hydrogens (tertiary/aromatic N) is 3. The first kappa shape index (κ1) is 19.7. The van der Waals surface area contributed by atoms with Gasteiger partial charge in [0, 0.05) is 38.3 Å². The molecule has 27 heavy (non-hydrogen) atoms. The van der Waals surface area contributed by atoms with Crippen LogP contribution in [0.25, 0.3) is 0 Å². The SMILES string of the molecule is O=C(Cc1ccc([N+](=O)[O-])cc1)N1CCN(S(=O)(=O)c2ccc(Cl)s2)CC1. The predicted molar refractivity (Wildman–Crippen MR) is 101 cm³/mol. The van der Waals surface area contributed by atoms with Gasteiger partial charge in [0.2, 0.25) is 5.91 Å². The molecule has 0 N–H and O–H groups in total. The third-order valence-electron chi connectivity index (χ3n) is 4.24. The molecule has 1 aliphatic rings. The van der Waals surface area contributed by atoms with E-state index >= 15 is 0 Å². The Balaban J connectivity index is 1.58. The van der Waals surface area contributed by atoms with E-state index in [-0.39, 0.29) is 35.3 Å². The molecule has 1 fully saturated rings. The number of thiophene rings is 1. The molecule has 0 atom stereocenters. The lowest BCUT2D eigenvalue weighted by Gasteiger charge is -2.33. The molecular formula is C16H16ClN3O5S2. The van der Waals surface area contributed by atoms with Crippen LogP contribution in [0.15, 0.2) is 40.6 Å². The topological polar surface area (TPSA) is 101 Å². The molecule has 0 unspecified atom stereocenters. The molecule has 8 nitrogen and oxygen atoms in total. The fraction of sp³-hybridized carbons (Fsp3) is 0.312. The van der Waals surface area contributed by atoms with E-state index in [9.17, 15) is 23.3 Å². The number of halogens is 1. The van der Waals surface area contributed by atoms with E-state index in [0.717, 1.165) is 11.3 Å². The average Bonchev–Trinajstić information content (AvgIpc) is 3.09. The number of hydrogen-bond donors (Lipinski definition) is 0. The van der Waals surface area contributed by atoms with Gasteiger partial charge in [-0.2, -0.15) is 4.31 Å². The van der Waals surface area contributed by atoms with Crippen LogP contribution in [-0.2, 0) is 21.2 Å². The van der Waals surface area contributed by atoms with E-state index in [4.69, 9.17) is 11.6 Å². The normalized spacial score (nSPS) is 15.7. The van der Waals surface area contributed by atoms with Crippen molar-refractivity contribution in [2.24, 2.45) is 0 Å². The van der Waals surface area contributed by atoms with Gasteiger partial charge in [0.25, 0.3) is 15.7 Å². The average molecular weight is 430 g/mol. The predicted octanol–water partition coefficient (Wildman–Crippen LogP) is 2.39. The summed E-state index contributed by atoms with van der Waals surface area (Å²) in [5.41, 5.74) is 0.646. The van der Waals surface area contributed by atoms with Crippen LogP contribution in [0.5, 0.6) is 0 Å². The number of carbonyl (C=O) groups is 1. The van der Waals surface area contributed by atoms with Crippen LogP contribution in [0.3, 0.4) is 0 Å². The Kier molecular flexibility index (Phi) is 5.80. The van der Waals surface area contributed by atoms with Crippen molar-refractivity contribution in [1.29, 1.82) is 0 Å². The molecule has 3 rings (SSSR count). The van der Waals surface area contributed by atoms with Crippen molar-refractivity contribution in [3.63, 3.8) is 0 Å². The first-order valence-corrected chi connectivity index (χ1v) is 10.7. The second-order valence-electron chi connectivity index (χ2n) is 5.94. The molecule has 2 aromatic rings. The molecule has 0 bridgehead atoms. The van der Waals surface area contributed by atoms with Gasteiger partial charge in [0.1, 0.15) is 4.21 Å². The largest absolute Gasteiger partial charge is 0.340 e. The number of rotatable bonds is 5. The van der Waals surface area contributed by atoms with Crippen molar-refractivity contribution >= 4 is 44.6 Å². The third-order valence-corrected chi connectivity index (χ3v) is 7.83. The number of carbonyl (C=O) groups excluding carboxylic acids is 1. The zero-order valence-electron chi connectivity index (χ0n) is 14.1. The molecule has 1 saturated heterocycles. The van der Waals surface area contributed by atoms with Crippen LogP contribution in [0.2, 0.25) is 4.34 Å². The van der Waals surface area contributed by atoms with Gasteiger partial charge in [0.05, 0.1) is 15.7 Å². The molecule has 1 aliphatic heterocycles. The van der Waals surface area contributed by atoms with Crippen molar-refractivity contribution in [2.75, 3.05) is 26.2 Å². The fourth-order valence-electron chi connectivity index (χ4n) is 2.76. The van der Waals surface area contributed by atoms with Gasteiger partial charge in [-0.05, 0) is 17.7 Å². The van der Waals surface area contributed by atoms with Crippen LogP contribution in [0, 0.1) is 10.1 Å². The summed E-state index contributed by atoms with van der Waals surface area (Å²) in [7, 11) is -3.60. The highest BCUT2D eigenvalue weighted by Gasteiger charge is 2.31. The minimum atomic E-state index is -3.60. The quantitative estimate of drug-likeness (QED) is 0.536. The summed E-state index contributed by atoms with van der Waals surface area (Å²) < 4.78 is 27.1. The number of nitro benzene ring substituents is 1. The highest BCUT2D eigenvalue weighted by Crippen LogP contribution is 2.28. The van der Waals surface area contributed by atoms with Gasteiger partial charge < -0.3 is 4.90 Å². The maximum absolute atomic E-state index is 12.6. The molecular weight excluding hydrogens is 414 g/mol. The van der Waals surface area contributed by atoms with E-state index in [1.54, 1.807) is 23.1 Å². The van der Waals surface area contributed by atoms with Gasteiger partial charge in [-0.3, -0.25) is 14.9 Å². The number of sulfonamides is 1. The van der Waals surface area contributed by atoms with Crippen molar-refractivity contribution in [3.05, 3.63) is 56.4 Å². The van der Waals surface area contributed by atoms with E-state index in [0.29, 0.717) is 23.0 Å². The standard InChI is InChI=1S/C16H16ClN3O5S2/c17-14-5-6-16(26-14)27(24,25)19-9-7-18(8-10-19)15(21)11-12-1-3-13(4-2-12)20(22)23/h1-6H,7-11H2. The highest BCUT2D eigenvalue weighted by atomic mass is 35.5. The fourth-order valence-corrected chi connectivity index (χ4v) is 5.82. The minimum absolute atomic E-state index is 0.0290. The van der Waals surface area contributed by atoms with Crippen LogP contribution < -0.4 is 0 Å². The molecule has 0 spiro atoms. The van der Waals surface area contributed by atoms with Gasteiger partial charge in [-0.15, -0.1) is 11.3 Å². The lowest BCUT2D eigenvalue weighted by atomic mass is 10.1. The third kappa shape index (κ3) is 4.46.